The van der Waals surface area contributed by atoms with Crippen LogP contribution in [0, 0.1) is 6.92 Å². The average Bonchev–Trinajstić information content (AvgIpc) is 2.42. The third-order valence-electron chi connectivity index (χ3n) is 3.16. The highest BCUT2D eigenvalue weighted by molar-refractivity contribution is 5.91. The first-order chi connectivity index (χ1) is 9.16. The van der Waals surface area contributed by atoms with Gasteiger partial charge in [0.05, 0.1) is 0 Å². The molecule has 0 aliphatic rings. The van der Waals surface area contributed by atoms with Crippen molar-refractivity contribution in [2.75, 3.05) is 5.32 Å². The van der Waals surface area contributed by atoms with E-state index in [1.165, 1.54) is 0 Å². The van der Waals surface area contributed by atoms with Crippen LogP contribution in [0.5, 0.6) is 0 Å². The number of rotatable bonds is 4. The van der Waals surface area contributed by atoms with E-state index in [1.54, 1.807) is 6.20 Å². The molecule has 0 radical (unpaired) electrons. The number of carbonyl (C=O) groups excluding carboxylic acids is 1. The first-order valence-corrected chi connectivity index (χ1v) is 6.42. The molecule has 1 unspecified atom stereocenters. The number of aromatic nitrogens is 1. The Morgan fingerprint density at radius 2 is 2.05 bits per heavy atom. The van der Waals surface area contributed by atoms with Gasteiger partial charge in [-0.15, -0.1) is 0 Å². The van der Waals surface area contributed by atoms with Crippen LogP contribution >= 0.6 is 0 Å². The standard InChI is InChI=1S/C16H18N2O/c1-12-6-3-4-8-15(12)18-16(19)10-13(2)14-7-5-9-17-11-14/h3-9,11,13H,10H2,1-2H3,(H,18,19). The Balaban J connectivity index is 1.97. The number of nitrogens with zero attached hydrogens (tertiary/aromatic N) is 1. The molecule has 1 aromatic heterocycles. The minimum Gasteiger partial charge on any atom is -0.326 e. The van der Waals surface area contributed by atoms with Crippen LogP contribution in [-0.2, 0) is 4.79 Å². The molecule has 0 aliphatic carbocycles. The second kappa shape index (κ2) is 6.14. The van der Waals surface area contributed by atoms with Crippen LogP contribution in [-0.4, -0.2) is 10.9 Å². The molecule has 2 rings (SSSR count). The number of carbonyl (C=O) groups is 1. The van der Waals surface area contributed by atoms with Crippen LogP contribution in [0.3, 0.4) is 0 Å². The van der Waals surface area contributed by atoms with Crippen molar-refractivity contribution in [2.24, 2.45) is 0 Å². The number of hydrogen-bond acceptors (Lipinski definition) is 2. The molecule has 0 spiro atoms. The minimum absolute atomic E-state index is 0.0330. The zero-order valence-electron chi connectivity index (χ0n) is 11.3. The van der Waals surface area contributed by atoms with Crippen molar-refractivity contribution >= 4 is 11.6 Å². The monoisotopic (exact) mass is 254 g/mol. The molecule has 0 bridgehead atoms. The topological polar surface area (TPSA) is 42.0 Å². The largest absolute Gasteiger partial charge is 0.326 e. The first kappa shape index (κ1) is 13.3. The van der Waals surface area contributed by atoms with Gasteiger partial charge in [-0.05, 0) is 36.1 Å². The molecule has 1 atom stereocenters. The Morgan fingerprint density at radius 3 is 2.74 bits per heavy atom. The average molecular weight is 254 g/mol. The van der Waals surface area contributed by atoms with Gasteiger partial charge in [0.1, 0.15) is 0 Å². The number of amides is 1. The minimum atomic E-state index is 0.0330. The molecule has 0 fully saturated rings. The summed E-state index contributed by atoms with van der Waals surface area (Å²) in [4.78, 5) is 16.1. The molecule has 1 amide bonds. The maximum atomic E-state index is 12.0. The molecular weight excluding hydrogens is 236 g/mol. The number of anilines is 1. The van der Waals surface area contributed by atoms with Gasteiger partial charge in [-0.3, -0.25) is 9.78 Å². The Bertz CT molecular complexity index is 552. The lowest BCUT2D eigenvalue weighted by molar-refractivity contribution is -0.116. The normalized spacial score (nSPS) is 11.9. The van der Waals surface area contributed by atoms with Gasteiger partial charge >= 0.3 is 0 Å². The van der Waals surface area contributed by atoms with Crippen LogP contribution in [0.15, 0.2) is 48.8 Å². The highest BCUT2D eigenvalue weighted by Crippen LogP contribution is 2.19. The summed E-state index contributed by atoms with van der Waals surface area (Å²) >= 11 is 0. The fourth-order valence-electron chi connectivity index (χ4n) is 1.98. The van der Waals surface area contributed by atoms with Gasteiger partial charge in [-0.2, -0.15) is 0 Å². The SMILES string of the molecule is Cc1ccccc1NC(=O)CC(C)c1cccnc1. The van der Waals surface area contributed by atoms with E-state index in [4.69, 9.17) is 0 Å². The number of benzene rings is 1. The summed E-state index contributed by atoms with van der Waals surface area (Å²) in [5.41, 5.74) is 3.04. The number of aryl methyl sites for hydroxylation is 1. The molecule has 1 aromatic carbocycles. The van der Waals surface area contributed by atoms with Crippen molar-refractivity contribution in [3.05, 3.63) is 59.9 Å². The summed E-state index contributed by atoms with van der Waals surface area (Å²) in [6.45, 7) is 4.02. The van der Waals surface area contributed by atoms with Gasteiger partial charge in [0.15, 0.2) is 0 Å². The van der Waals surface area contributed by atoms with Crippen molar-refractivity contribution in [1.29, 1.82) is 0 Å². The smallest absolute Gasteiger partial charge is 0.224 e. The highest BCUT2D eigenvalue weighted by atomic mass is 16.1. The lowest BCUT2D eigenvalue weighted by Crippen LogP contribution is -2.15. The molecule has 98 valence electrons. The fourth-order valence-corrected chi connectivity index (χ4v) is 1.98. The van der Waals surface area contributed by atoms with Crippen molar-refractivity contribution < 1.29 is 4.79 Å². The summed E-state index contributed by atoms with van der Waals surface area (Å²) in [6, 6.07) is 11.7. The van der Waals surface area contributed by atoms with Gasteiger partial charge in [0, 0.05) is 24.5 Å². The zero-order chi connectivity index (χ0) is 13.7. The maximum absolute atomic E-state index is 12.0. The Hall–Kier alpha value is -2.16. The van der Waals surface area contributed by atoms with Crippen molar-refractivity contribution in [3.63, 3.8) is 0 Å². The van der Waals surface area contributed by atoms with Gasteiger partial charge in [0.25, 0.3) is 0 Å². The van der Waals surface area contributed by atoms with E-state index in [9.17, 15) is 4.79 Å². The quantitative estimate of drug-likeness (QED) is 0.907. The molecule has 0 saturated carbocycles. The van der Waals surface area contributed by atoms with E-state index in [0.29, 0.717) is 6.42 Å². The number of pyridine rings is 1. The van der Waals surface area contributed by atoms with Crippen molar-refractivity contribution in [1.82, 2.24) is 4.98 Å². The molecule has 1 heterocycles. The van der Waals surface area contributed by atoms with E-state index in [-0.39, 0.29) is 11.8 Å². The third kappa shape index (κ3) is 3.65. The van der Waals surface area contributed by atoms with Crippen LogP contribution in [0.2, 0.25) is 0 Å². The number of nitrogens with one attached hydrogen (secondary N) is 1. The first-order valence-electron chi connectivity index (χ1n) is 6.42. The highest BCUT2D eigenvalue weighted by Gasteiger charge is 2.12. The zero-order valence-corrected chi connectivity index (χ0v) is 11.3. The Morgan fingerprint density at radius 1 is 1.26 bits per heavy atom. The van der Waals surface area contributed by atoms with E-state index in [0.717, 1.165) is 16.8 Å². The second-order valence-electron chi connectivity index (χ2n) is 4.75. The lowest BCUT2D eigenvalue weighted by Gasteiger charge is -2.12. The summed E-state index contributed by atoms with van der Waals surface area (Å²) in [5.74, 6) is 0.198. The van der Waals surface area contributed by atoms with E-state index in [1.807, 2.05) is 56.4 Å². The number of para-hydroxylation sites is 1. The predicted octanol–water partition coefficient (Wildman–Crippen LogP) is 3.52. The van der Waals surface area contributed by atoms with Gasteiger partial charge in [0.2, 0.25) is 5.91 Å². The van der Waals surface area contributed by atoms with Crippen LogP contribution in [0.1, 0.15) is 30.4 Å². The molecule has 19 heavy (non-hydrogen) atoms. The Labute approximate surface area is 113 Å². The molecule has 2 aromatic rings. The van der Waals surface area contributed by atoms with Crippen LogP contribution < -0.4 is 5.32 Å². The van der Waals surface area contributed by atoms with E-state index < -0.39 is 0 Å². The van der Waals surface area contributed by atoms with Crippen molar-refractivity contribution in [2.45, 2.75) is 26.2 Å². The molecular formula is C16H18N2O. The molecule has 0 saturated heterocycles. The van der Waals surface area contributed by atoms with E-state index in [2.05, 4.69) is 10.3 Å². The number of hydrogen-bond donors (Lipinski definition) is 1. The second-order valence-corrected chi connectivity index (χ2v) is 4.75. The van der Waals surface area contributed by atoms with Gasteiger partial charge in [-0.1, -0.05) is 31.2 Å². The molecule has 1 N–H and O–H groups in total. The molecule has 0 aliphatic heterocycles. The van der Waals surface area contributed by atoms with Crippen LogP contribution in [0.4, 0.5) is 5.69 Å². The molecule has 3 nitrogen and oxygen atoms in total. The van der Waals surface area contributed by atoms with Crippen molar-refractivity contribution in [3.8, 4) is 0 Å². The summed E-state index contributed by atoms with van der Waals surface area (Å²) in [5, 5.41) is 2.95. The summed E-state index contributed by atoms with van der Waals surface area (Å²) < 4.78 is 0. The van der Waals surface area contributed by atoms with E-state index >= 15 is 0 Å². The van der Waals surface area contributed by atoms with Gasteiger partial charge in [-0.25, -0.2) is 0 Å². The summed E-state index contributed by atoms with van der Waals surface area (Å²) in [7, 11) is 0. The Kier molecular flexibility index (Phi) is 4.29. The fraction of sp³-hybridized carbons (Fsp3) is 0.250. The summed E-state index contributed by atoms with van der Waals surface area (Å²) in [6.07, 6.45) is 4.01. The molecule has 3 heteroatoms. The maximum Gasteiger partial charge on any atom is 0.224 e. The van der Waals surface area contributed by atoms with Gasteiger partial charge < -0.3 is 5.32 Å². The third-order valence-corrected chi connectivity index (χ3v) is 3.16. The predicted molar refractivity (Wildman–Crippen MR) is 77.1 cm³/mol. The van der Waals surface area contributed by atoms with Crippen LogP contribution in [0.25, 0.3) is 0 Å². The lowest BCUT2D eigenvalue weighted by atomic mass is 9.99.